The van der Waals surface area contributed by atoms with Crippen molar-refractivity contribution in [1.29, 1.82) is 0 Å². The minimum atomic E-state index is -0.655. The molecule has 0 bridgehead atoms. The van der Waals surface area contributed by atoms with E-state index in [1.54, 1.807) is 6.07 Å². The number of hydrogen-bond acceptors (Lipinski definition) is 5. The molecule has 0 aromatic heterocycles. The minimum Gasteiger partial charge on any atom is -0.461 e. The Kier molecular flexibility index (Phi) is 5.64. The van der Waals surface area contributed by atoms with Crippen LogP contribution in [0.4, 0.5) is 15.8 Å². The van der Waals surface area contributed by atoms with Gasteiger partial charge in [-0.25, -0.2) is 4.39 Å². The number of carbonyl (C=O) groups excluding carboxylic acids is 2. The third kappa shape index (κ3) is 4.67. The van der Waals surface area contributed by atoms with E-state index in [1.807, 2.05) is 29.2 Å². The second-order valence-electron chi connectivity index (χ2n) is 7.54. The monoisotopic (exact) mass is 397 g/mol. The molecule has 2 aliphatic heterocycles. The molecule has 2 N–H and O–H groups in total. The molecular weight excluding hydrogens is 373 g/mol. The van der Waals surface area contributed by atoms with Crippen molar-refractivity contribution >= 4 is 23.6 Å². The summed E-state index contributed by atoms with van der Waals surface area (Å²) in [6, 6.07) is 12.1. The van der Waals surface area contributed by atoms with E-state index in [-0.39, 0.29) is 18.3 Å². The number of aldehydes is 1. The number of nitrogens with one attached hydrogen (secondary N) is 2. The van der Waals surface area contributed by atoms with E-state index in [2.05, 4.69) is 10.6 Å². The van der Waals surface area contributed by atoms with Crippen LogP contribution in [0.25, 0.3) is 0 Å². The van der Waals surface area contributed by atoms with Gasteiger partial charge in [-0.15, -0.1) is 0 Å². The van der Waals surface area contributed by atoms with E-state index >= 15 is 0 Å². The number of likely N-dealkylation sites (tertiary alicyclic amines) is 1. The Bertz CT molecular complexity index is 879. The molecule has 2 aliphatic rings. The van der Waals surface area contributed by atoms with Gasteiger partial charge in [0.2, 0.25) is 12.1 Å². The molecule has 1 amide bonds. The van der Waals surface area contributed by atoms with Gasteiger partial charge in [0.1, 0.15) is 11.6 Å². The van der Waals surface area contributed by atoms with Crippen LogP contribution in [0, 0.1) is 11.7 Å². The Labute approximate surface area is 169 Å². The van der Waals surface area contributed by atoms with Gasteiger partial charge in [-0.05, 0) is 55.0 Å². The Morgan fingerprint density at radius 3 is 2.69 bits per heavy atom. The molecule has 1 atom stereocenters. The first kappa shape index (κ1) is 19.2. The lowest BCUT2D eigenvalue weighted by atomic mass is 9.90. The molecule has 2 heterocycles. The lowest BCUT2D eigenvalue weighted by Gasteiger charge is -2.32. The first-order valence-corrected chi connectivity index (χ1v) is 9.89. The molecule has 0 radical (unpaired) electrons. The van der Waals surface area contributed by atoms with Crippen LogP contribution >= 0.6 is 0 Å². The topological polar surface area (TPSA) is 70.7 Å². The summed E-state index contributed by atoms with van der Waals surface area (Å²) in [5, 5.41) is 6.08. The summed E-state index contributed by atoms with van der Waals surface area (Å²) in [4.78, 5) is 25.2. The van der Waals surface area contributed by atoms with E-state index in [0.29, 0.717) is 18.0 Å². The van der Waals surface area contributed by atoms with Gasteiger partial charge in [-0.1, -0.05) is 12.1 Å². The smallest absolute Gasteiger partial charge is 0.241 e. The SMILES string of the molecule is O=CC1Nc2ccc(NCC(=O)N3CCC(Cc4ccc(F)cc4)CC3)cc2O1. The Balaban J connectivity index is 1.23. The average Bonchev–Trinajstić information content (AvgIpc) is 3.17. The highest BCUT2D eigenvalue weighted by Gasteiger charge is 2.24. The first-order chi connectivity index (χ1) is 14.1. The van der Waals surface area contributed by atoms with Gasteiger partial charge >= 0.3 is 0 Å². The summed E-state index contributed by atoms with van der Waals surface area (Å²) < 4.78 is 18.5. The van der Waals surface area contributed by atoms with Crippen LogP contribution < -0.4 is 15.4 Å². The average molecular weight is 397 g/mol. The molecule has 2 aromatic carbocycles. The molecular formula is C22H24FN3O3. The molecule has 4 rings (SSSR count). The van der Waals surface area contributed by atoms with Crippen molar-refractivity contribution in [3.8, 4) is 5.75 Å². The fourth-order valence-corrected chi connectivity index (χ4v) is 3.86. The predicted molar refractivity (Wildman–Crippen MR) is 108 cm³/mol. The normalized spacial score (nSPS) is 18.5. The number of halogens is 1. The van der Waals surface area contributed by atoms with Crippen molar-refractivity contribution in [2.45, 2.75) is 25.5 Å². The number of nitrogens with zero attached hydrogens (tertiary/aromatic N) is 1. The summed E-state index contributed by atoms with van der Waals surface area (Å²) in [6.45, 7) is 1.70. The number of carbonyl (C=O) groups is 2. The van der Waals surface area contributed by atoms with Crippen molar-refractivity contribution in [1.82, 2.24) is 4.90 Å². The molecule has 0 aliphatic carbocycles. The Hall–Kier alpha value is -3.09. The van der Waals surface area contributed by atoms with Crippen LogP contribution in [-0.4, -0.2) is 43.0 Å². The zero-order chi connectivity index (χ0) is 20.2. The predicted octanol–water partition coefficient (Wildman–Crippen LogP) is 3.05. The molecule has 1 fully saturated rings. The summed E-state index contributed by atoms with van der Waals surface area (Å²) in [7, 11) is 0. The summed E-state index contributed by atoms with van der Waals surface area (Å²) in [5.74, 6) is 0.970. The van der Waals surface area contributed by atoms with Crippen LogP contribution in [0.15, 0.2) is 42.5 Å². The second-order valence-corrected chi connectivity index (χ2v) is 7.54. The maximum absolute atomic E-state index is 13.0. The van der Waals surface area contributed by atoms with E-state index in [1.165, 1.54) is 12.1 Å². The van der Waals surface area contributed by atoms with Crippen LogP contribution in [0.3, 0.4) is 0 Å². The highest BCUT2D eigenvalue weighted by molar-refractivity contribution is 5.81. The molecule has 6 nitrogen and oxygen atoms in total. The van der Waals surface area contributed by atoms with E-state index < -0.39 is 6.23 Å². The number of rotatable bonds is 6. The lowest BCUT2D eigenvalue weighted by molar-refractivity contribution is -0.130. The Morgan fingerprint density at radius 1 is 1.21 bits per heavy atom. The standard InChI is InChI=1S/C22H24FN3O3/c23-17-3-1-15(2-4-17)11-16-7-9-26(10-8-16)22(28)13-24-18-5-6-19-20(12-18)29-21(14-27)25-19/h1-6,12,14,16,21,24-25H,7-11,13H2. The maximum Gasteiger partial charge on any atom is 0.241 e. The number of hydrogen-bond donors (Lipinski definition) is 2. The summed E-state index contributed by atoms with van der Waals surface area (Å²) in [6.07, 6.45) is 2.88. The molecule has 152 valence electrons. The fraction of sp³-hybridized carbons (Fsp3) is 0.364. The first-order valence-electron chi connectivity index (χ1n) is 9.89. The van der Waals surface area contributed by atoms with E-state index in [9.17, 15) is 14.0 Å². The van der Waals surface area contributed by atoms with Crippen LogP contribution in [0.2, 0.25) is 0 Å². The summed E-state index contributed by atoms with van der Waals surface area (Å²) in [5.41, 5.74) is 2.68. The van der Waals surface area contributed by atoms with E-state index in [4.69, 9.17) is 4.74 Å². The van der Waals surface area contributed by atoms with Gasteiger partial charge in [0.25, 0.3) is 0 Å². The second kappa shape index (κ2) is 8.51. The molecule has 0 saturated carbocycles. The van der Waals surface area contributed by atoms with Crippen molar-refractivity contribution in [3.05, 3.63) is 53.8 Å². The third-order valence-corrected chi connectivity index (χ3v) is 5.51. The van der Waals surface area contributed by atoms with Crippen molar-refractivity contribution < 1.29 is 18.7 Å². The van der Waals surface area contributed by atoms with Crippen molar-refractivity contribution in [2.24, 2.45) is 5.92 Å². The van der Waals surface area contributed by atoms with Gasteiger partial charge in [-0.2, -0.15) is 0 Å². The highest BCUT2D eigenvalue weighted by atomic mass is 19.1. The lowest BCUT2D eigenvalue weighted by Crippen LogP contribution is -2.41. The number of amides is 1. The van der Waals surface area contributed by atoms with Crippen LogP contribution in [-0.2, 0) is 16.0 Å². The molecule has 29 heavy (non-hydrogen) atoms. The van der Waals surface area contributed by atoms with Gasteiger partial charge < -0.3 is 20.3 Å². The number of fused-ring (bicyclic) bond motifs is 1. The number of piperidine rings is 1. The largest absolute Gasteiger partial charge is 0.461 e. The van der Waals surface area contributed by atoms with Gasteiger partial charge in [0, 0.05) is 24.8 Å². The molecule has 0 spiro atoms. The molecule has 1 unspecified atom stereocenters. The van der Waals surface area contributed by atoms with Crippen molar-refractivity contribution in [3.63, 3.8) is 0 Å². The highest BCUT2D eigenvalue weighted by Crippen LogP contribution is 2.33. The number of anilines is 2. The third-order valence-electron chi connectivity index (χ3n) is 5.51. The van der Waals surface area contributed by atoms with Gasteiger partial charge in [0.15, 0.2) is 6.29 Å². The summed E-state index contributed by atoms with van der Waals surface area (Å²) >= 11 is 0. The fourth-order valence-electron chi connectivity index (χ4n) is 3.86. The number of ether oxygens (including phenoxy) is 1. The molecule has 7 heteroatoms. The maximum atomic E-state index is 13.0. The van der Waals surface area contributed by atoms with Gasteiger partial charge in [-0.3, -0.25) is 9.59 Å². The van der Waals surface area contributed by atoms with Crippen LogP contribution in [0.1, 0.15) is 18.4 Å². The van der Waals surface area contributed by atoms with Crippen LogP contribution in [0.5, 0.6) is 5.75 Å². The Morgan fingerprint density at radius 2 is 1.97 bits per heavy atom. The van der Waals surface area contributed by atoms with Crippen molar-refractivity contribution in [2.75, 3.05) is 30.3 Å². The number of benzene rings is 2. The molecule has 2 aromatic rings. The minimum absolute atomic E-state index is 0.0653. The quantitative estimate of drug-likeness (QED) is 0.734. The zero-order valence-corrected chi connectivity index (χ0v) is 16.1. The molecule has 1 saturated heterocycles. The van der Waals surface area contributed by atoms with E-state index in [0.717, 1.165) is 49.3 Å². The van der Waals surface area contributed by atoms with Gasteiger partial charge in [0.05, 0.1) is 12.2 Å². The zero-order valence-electron chi connectivity index (χ0n) is 16.1.